The van der Waals surface area contributed by atoms with Gasteiger partial charge in [-0.3, -0.25) is 10.1 Å². The number of nitrogens with one attached hydrogen (secondary N) is 1. The molecule has 4 aromatic rings. The third-order valence-electron chi connectivity index (χ3n) is 5.06. The Bertz CT molecular complexity index is 1490. The number of hydrogen-bond donors (Lipinski definition) is 1. The summed E-state index contributed by atoms with van der Waals surface area (Å²) in [6.45, 7) is 3.87. The molecular formula is C23H20ClN5O3S3. The van der Waals surface area contributed by atoms with Crippen LogP contribution in [0.3, 0.4) is 0 Å². The molecule has 12 heteroatoms. The molecule has 0 aliphatic heterocycles. The summed E-state index contributed by atoms with van der Waals surface area (Å²) in [6, 6.07) is 15.2. The van der Waals surface area contributed by atoms with Gasteiger partial charge in [0.2, 0.25) is 20.1 Å². The second-order valence-electron chi connectivity index (χ2n) is 7.58. The first kappa shape index (κ1) is 25.2. The monoisotopic (exact) mass is 545 g/mol. The molecule has 0 spiro atoms. The number of halogens is 1. The molecule has 8 nitrogen and oxygen atoms in total. The molecule has 0 bridgehead atoms. The summed E-state index contributed by atoms with van der Waals surface area (Å²) in [4.78, 5) is 20.6. The van der Waals surface area contributed by atoms with Crippen LogP contribution in [0.1, 0.15) is 32.7 Å². The van der Waals surface area contributed by atoms with E-state index in [0.717, 1.165) is 17.5 Å². The molecule has 2 heterocycles. The van der Waals surface area contributed by atoms with Crippen molar-refractivity contribution in [2.24, 2.45) is 0 Å². The maximum absolute atomic E-state index is 12.9. The molecule has 0 fully saturated rings. The Kier molecular flexibility index (Phi) is 7.80. The van der Waals surface area contributed by atoms with E-state index < -0.39 is 20.9 Å². The minimum Gasteiger partial charge on any atom is -0.295 e. The third kappa shape index (κ3) is 6.23. The zero-order valence-corrected chi connectivity index (χ0v) is 21.9. The zero-order chi connectivity index (χ0) is 25.0. The fourth-order valence-corrected chi connectivity index (χ4v) is 6.39. The Morgan fingerprint density at radius 2 is 1.69 bits per heavy atom. The fourth-order valence-electron chi connectivity index (χ4n) is 3.09. The molecule has 0 aliphatic rings. The SMILES string of the molecule is Cc1ccccc1CSc1nnc(NC(=O)c2nc(S(=O)(=O)Cc3ccccc3C)ncc2Cl)s1. The number of nitrogens with zero attached hydrogens (tertiary/aromatic N) is 4. The van der Waals surface area contributed by atoms with Gasteiger partial charge in [0.1, 0.15) is 0 Å². The molecule has 0 atom stereocenters. The highest BCUT2D eigenvalue weighted by Crippen LogP contribution is 2.29. The molecule has 180 valence electrons. The molecule has 0 aliphatic carbocycles. The molecule has 0 saturated carbocycles. The normalized spacial score (nSPS) is 11.4. The molecule has 0 radical (unpaired) electrons. The van der Waals surface area contributed by atoms with Crippen molar-refractivity contribution in [3.63, 3.8) is 0 Å². The lowest BCUT2D eigenvalue weighted by molar-refractivity contribution is 0.102. The van der Waals surface area contributed by atoms with Crippen molar-refractivity contribution in [1.82, 2.24) is 20.2 Å². The van der Waals surface area contributed by atoms with Crippen LogP contribution in [0.5, 0.6) is 0 Å². The Morgan fingerprint density at radius 3 is 2.37 bits per heavy atom. The second-order valence-corrected chi connectivity index (χ2v) is 12.1. The van der Waals surface area contributed by atoms with Crippen LogP contribution in [0.4, 0.5) is 5.13 Å². The lowest BCUT2D eigenvalue weighted by Crippen LogP contribution is -2.18. The van der Waals surface area contributed by atoms with E-state index in [1.54, 1.807) is 12.1 Å². The van der Waals surface area contributed by atoms with E-state index in [4.69, 9.17) is 11.6 Å². The van der Waals surface area contributed by atoms with Crippen LogP contribution in [-0.4, -0.2) is 34.5 Å². The van der Waals surface area contributed by atoms with Crippen LogP contribution in [0.25, 0.3) is 0 Å². The van der Waals surface area contributed by atoms with E-state index in [0.29, 0.717) is 9.90 Å². The lowest BCUT2D eigenvalue weighted by Gasteiger charge is -2.08. The van der Waals surface area contributed by atoms with E-state index >= 15 is 0 Å². The lowest BCUT2D eigenvalue weighted by atomic mass is 10.1. The summed E-state index contributed by atoms with van der Waals surface area (Å²) >= 11 is 8.82. The van der Waals surface area contributed by atoms with Gasteiger partial charge in [0.25, 0.3) is 5.91 Å². The molecule has 1 amide bonds. The van der Waals surface area contributed by atoms with E-state index in [9.17, 15) is 13.2 Å². The van der Waals surface area contributed by atoms with Gasteiger partial charge < -0.3 is 0 Å². The highest BCUT2D eigenvalue weighted by molar-refractivity contribution is 8.00. The first-order valence-electron chi connectivity index (χ1n) is 10.3. The van der Waals surface area contributed by atoms with Gasteiger partial charge in [-0.2, -0.15) is 0 Å². The van der Waals surface area contributed by atoms with Crippen molar-refractivity contribution in [2.45, 2.75) is 34.8 Å². The number of benzene rings is 2. The average molecular weight is 546 g/mol. The Hall–Kier alpha value is -2.86. The van der Waals surface area contributed by atoms with Crippen molar-refractivity contribution in [1.29, 1.82) is 0 Å². The number of hydrogen-bond acceptors (Lipinski definition) is 9. The van der Waals surface area contributed by atoms with Crippen LogP contribution >= 0.6 is 34.7 Å². The third-order valence-corrected chi connectivity index (χ3v) is 8.80. The molecular weight excluding hydrogens is 526 g/mol. The van der Waals surface area contributed by atoms with Gasteiger partial charge in [0.05, 0.1) is 17.0 Å². The molecule has 2 aromatic heterocycles. The van der Waals surface area contributed by atoms with Gasteiger partial charge in [0.15, 0.2) is 10.0 Å². The molecule has 4 rings (SSSR count). The number of carbonyl (C=O) groups is 1. The summed E-state index contributed by atoms with van der Waals surface area (Å²) in [5.74, 6) is -0.272. The smallest absolute Gasteiger partial charge is 0.277 e. The number of carbonyl (C=O) groups excluding carboxylic acids is 1. The average Bonchev–Trinajstić information content (AvgIpc) is 3.27. The number of anilines is 1. The summed E-state index contributed by atoms with van der Waals surface area (Å²) in [5, 5.41) is 10.4. The molecule has 35 heavy (non-hydrogen) atoms. The number of aromatic nitrogens is 4. The standard InChI is InChI=1S/C23H20ClN5O3S3/c1-14-7-3-5-9-16(14)12-33-23-29-28-21(34-23)27-20(30)19-18(24)11-25-22(26-19)35(31,32)13-17-10-6-4-8-15(17)2/h3-11H,12-13H2,1-2H3,(H,27,28,30). The van der Waals surface area contributed by atoms with Gasteiger partial charge >= 0.3 is 0 Å². The highest BCUT2D eigenvalue weighted by Gasteiger charge is 2.24. The van der Waals surface area contributed by atoms with Gasteiger partial charge in [-0.25, -0.2) is 18.4 Å². The largest absolute Gasteiger partial charge is 0.295 e. The zero-order valence-electron chi connectivity index (χ0n) is 18.7. The van der Waals surface area contributed by atoms with Crippen LogP contribution in [0.2, 0.25) is 5.02 Å². The molecule has 1 N–H and O–H groups in total. The Morgan fingerprint density at radius 1 is 1.03 bits per heavy atom. The van der Waals surface area contributed by atoms with Crippen LogP contribution in [0, 0.1) is 13.8 Å². The molecule has 2 aromatic carbocycles. The van der Waals surface area contributed by atoms with Crippen molar-refractivity contribution < 1.29 is 13.2 Å². The number of rotatable bonds is 8. The molecule has 0 saturated heterocycles. The maximum Gasteiger partial charge on any atom is 0.277 e. The quantitative estimate of drug-likeness (QED) is 0.184. The number of sulfone groups is 1. The van der Waals surface area contributed by atoms with Crippen LogP contribution in [0.15, 0.2) is 64.2 Å². The van der Waals surface area contributed by atoms with Crippen LogP contribution in [-0.2, 0) is 21.3 Å². The van der Waals surface area contributed by atoms with Gasteiger partial charge in [-0.1, -0.05) is 83.2 Å². The van der Waals surface area contributed by atoms with Gasteiger partial charge in [-0.15, -0.1) is 10.2 Å². The Labute approximate surface area is 216 Å². The first-order chi connectivity index (χ1) is 16.7. The topological polar surface area (TPSA) is 115 Å². The number of thioether (sulfide) groups is 1. The highest BCUT2D eigenvalue weighted by atomic mass is 35.5. The van der Waals surface area contributed by atoms with Crippen molar-refractivity contribution in [3.05, 3.63) is 87.7 Å². The summed E-state index contributed by atoms with van der Waals surface area (Å²) in [6.07, 6.45) is 1.11. The van der Waals surface area contributed by atoms with E-state index in [2.05, 4.69) is 25.5 Å². The summed E-state index contributed by atoms with van der Waals surface area (Å²) in [7, 11) is -3.90. The molecule has 0 unspecified atom stereocenters. The minimum atomic E-state index is -3.90. The maximum atomic E-state index is 12.9. The van der Waals surface area contributed by atoms with Gasteiger partial charge in [0, 0.05) is 5.75 Å². The predicted octanol–water partition coefficient (Wildman–Crippen LogP) is 5.12. The van der Waals surface area contributed by atoms with E-state index in [-0.39, 0.29) is 21.6 Å². The summed E-state index contributed by atoms with van der Waals surface area (Å²) < 4.78 is 26.5. The van der Waals surface area contributed by atoms with Crippen molar-refractivity contribution in [2.75, 3.05) is 5.32 Å². The minimum absolute atomic E-state index is 0.0731. The summed E-state index contributed by atoms with van der Waals surface area (Å²) in [5.41, 5.74) is 3.57. The van der Waals surface area contributed by atoms with Crippen LogP contribution < -0.4 is 5.32 Å². The van der Waals surface area contributed by atoms with Gasteiger partial charge in [-0.05, 0) is 36.1 Å². The number of aryl methyl sites for hydroxylation is 2. The first-order valence-corrected chi connectivity index (χ1v) is 14.2. The number of amides is 1. The van der Waals surface area contributed by atoms with E-state index in [1.807, 2.05) is 50.2 Å². The second kappa shape index (κ2) is 10.8. The Balaban J connectivity index is 1.47. The predicted molar refractivity (Wildman–Crippen MR) is 138 cm³/mol. The van der Waals surface area contributed by atoms with E-state index in [1.165, 1.54) is 34.2 Å². The van der Waals surface area contributed by atoms with Crippen molar-refractivity contribution >= 4 is 55.6 Å². The van der Waals surface area contributed by atoms with Crippen molar-refractivity contribution in [3.8, 4) is 0 Å². The fraction of sp³-hybridized carbons (Fsp3) is 0.174.